The van der Waals surface area contributed by atoms with E-state index in [-0.39, 0.29) is 5.91 Å². The van der Waals surface area contributed by atoms with Crippen LogP contribution in [0.3, 0.4) is 0 Å². The van der Waals surface area contributed by atoms with Crippen LogP contribution in [-0.2, 0) is 4.74 Å². The monoisotopic (exact) mass is 382 g/mol. The van der Waals surface area contributed by atoms with Crippen LogP contribution in [0.2, 0.25) is 0 Å². The van der Waals surface area contributed by atoms with E-state index in [0.29, 0.717) is 18.1 Å². The van der Waals surface area contributed by atoms with Gasteiger partial charge in [-0.3, -0.25) is 4.79 Å². The Morgan fingerprint density at radius 2 is 1.81 bits per heavy atom. The first-order chi connectivity index (χ1) is 13.0. The van der Waals surface area contributed by atoms with Gasteiger partial charge in [-0.25, -0.2) is 9.97 Å². The second-order valence-electron chi connectivity index (χ2n) is 6.75. The number of thiophene rings is 1. The molecule has 3 heterocycles. The van der Waals surface area contributed by atoms with Crippen molar-refractivity contribution in [1.82, 2.24) is 9.97 Å². The summed E-state index contributed by atoms with van der Waals surface area (Å²) in [5, 5.41) is 3.96. The Labute approximate surface area is 162 Å². The topological polar surface area (TPSA) is 67.4 Å². The summed E-state index contributed by atoms with van der Waals surface area (Å²) in [6.45, 7) is 8.87. The zero-order valence-electron chi connectivity index (χ0n) is 15.7. The minimum absolute atomic E-state index is 0.107. The number of hydrogen-bond acceptors (Lipinski definition) is 6. The maximum absolute atomic E-state index is 12.9. The van der Waals surface area contributed by atoms with Gasteiger partial charge in [0.1, 0.15) is 16.5 Å². The Bertz CT molecular complexity index is 991. The molecule has 4 rings (SSSR count). The van der Waals surface area contributed by atoms with Crippen LogP contribution in [0.5, 0.6) is 0 Å². The molecule has 6 nitrogen and oxygen atoms in total. The number of aryl methyl sites for hydroxylation is 3. The summed E-state index contributed by atoms with van der Waals surface area (Å²) in [5.41, 5.74) is 2.88. The van der Waals surface area contributed by atoms with Gasteiger partial charge >= 0.3 is 0 Å². The van der Waals surface area contributed by atoms with Crippen LogP contribution in [0.4, 0.5) is 11.5 Å². The number of aromatic nitrogens is 2. The lowest BCUT2D eigenvalue weighted by atomic mass is 10.1. The number of nitrogens with zero attached hydrogens (tertiary/aromatic N) is 3. The van der Waals surface area contributed by atoms with Crippen molar-refractivity contribution < 1.29 is 9.53 Å². The molecule has 0 saturated carbocycles. The van der Waals surface area contributed by atoms with Gasteiger partial charge in [-0.1, -0.05) is 17.7 Å². The predicted molar refractivity (Wildman–Crippen MR) is 109 cm³/mol. The van der Waals surface area contributed by atoms with Gasteiger partial charge < -0.3 is 15.0 Å². The fourth-order valence-electron chi connectivity index (χ4n) is 3.27. The molecule has 27 heavy (non-hydrogen) atoms. The zero-order chi connectivity index (χ0) is 19.0. The number of carbonyl (C=O) groups excluding carboxylic acids is 1. The van der Waals surface area contributed by atoms with E-state index < -0.39 is 0 Å². The normalized spacial score (nSPS) is 14.6. The summed E-state index contributed by atoms with van der Waals surface area (Å²) in [7, 11) is 0. The second-order valence-corrected chi connectivity index (χ2v) is 7.75. The van der Waals surface area contributed by atoms with E-state index in [1.54, 1.807) is 0 Å². The van der Waals surface area contributed by atoms with Gasteiger partial charge in [-0.05, 0) is 38.5 Å². The molecule has 0 unspecified atom stereocenters. The molecule has 7 heteroatoms. The Kier molecular flexibility index (Phi) is 4.80. The van der Waals surface area contributed by atoms with E-state index in [1.807, 2.05) is 45.0 Å². The van der Waals surface area contributed by atoms with Gasteiger partial charge in [0.05, 0.1) is 23.5 Å². The first-order valence-corrected chi connectivity index (χ1v) is 9.83. The fourth-order valence-corrected chi connectivity index (χ4v) is 4.38. The van der Waals surface area contributed by atoms with Gasteiger partial charge in [0, 0.05) is 18.8 Å². The van der Waals surface area contributed by atoms with Crippen LogP contribution in [0, 0.1) is 20.8 Å². The van der Waals surface area contributed by atoms with Gasteiger partial charge in [-0.15, -0.1) is 11.3 Å². The summed E-state index contributed by atoms with van der Waals surface area (Å²) in [5.74, 6) is 1.52. The van der Waals surface area contributed by atoms with Crippen molar-refractivity contribution in [1.29, 1.82) is 0 Å². The number of hydrogen-bond donors (Lipinski definition) is 1. The molecular formula is C20H22N4O2S. The largest absolute Gasteiger partial charge is 0.378 e. The highest BCUT2D eigenvalue weighted by Crippen LogP contribution is 2.36. The van der Waals surface area contributed by atoms with E-state index in [9.17, 15) is 4.79 Å². The Hall–Kier alpha value is -2.51. The second kappa shape index (κ2) is 7.25. The third-order valence-corrected chi connectivity index (χ3v) is 5.89. The molecule has 0 bridgehead atoms. The van der Waals surface area contributed by atoms with E-state index in [2.05, 4.69) is 20.2 Å². The Morgan fingerprint density at radius 3 is 2.52 bits per heavy atom. The minimum atomic E-state index is -0.107. The number of fused-ring (bicyclic) bond motifs is 1. The highest BCUT2D eigenvalue weighted by Gasteiger charge is 2.23. The van der Waals surface area contributed by atoms with Crippen molar-refractivity contribution in [3.8, 4) is 0 Å². The molecule has 140 valence electrons. The first kappa shape index (κ1) is 17.9. The molecule has 1 aromatic carbocycles. The first-order valence-electron chi connectivity index (χ1n) is 9.01. The quantitative estimate of drug-likeness (QED) is 0.748. The van der Waals surface area contributed by atoms with Gasteiger partial charge in [0.25, 0.3) is 5.91 Å². The number of amides is 1. The van der Waals surface area contributed by atoms with Crippen molar-refractivity contribution in [2.75, 3.05) is 36.5 Å². The van der Waals surface area contributed by atoms with Crippen LogP contribution in [0.25, 0.3) is 10.2 Å². The third-order valence-electron chi connectivity index (χ3n) is 4.71. The third kappa shape index (κ3) is 3.52. The van der Waals surface area contributed by atoms with Crippen molar-refractivity contribution in [3.05, 3.63) is 46.1 Å². The van der Waals surface area contributed by atoms with Gasteiger partial charge in [0.2, 0.25) is 0 Å². The number of carbonyl (C=O) groups is 1. The fraction of sp³-hybridized carbons (Fsp3) is 0.350. The molecule has 0 atom stereocenters. The highest BCUT2D eigenvalue weighted by molar-refractivity contribution is 7.20. The van der Waals surface area contributed by atoms with Crippen LogP contribution >= 0.6 is 11.3 Å². The standard InChI is InChI=1S/C20H22N4O2S/c1-12-4-6-15(7-5-12)23-19(25)17-13(2)16-18(24-8-10-26-11-9-24)21-14(3)22-20(16)27-17/h4-7H,8-11H2,1-3H3,(H,23,25). The van der Waals surface area contributed by atoms with Crippen LogP contribution < -0.4 is 10.2 Å². The van der Waals surface area contributed by atoms with Crippen molar-refractivity contribution in [2.24, 2.45) is 0 Å². The molecular weight excluding hydrogens is 360 g/mol. The molecule has 1 aliphatic rings. The molecule has 0 radical (unpaired) electrons. The van der Waals surface area contributed by atoms with Crippen molar-refractivity contribution >= 4 is 39.0 Å². The lowest BCUT2D eigenvalue weighted by molar-refractivity contribution is 0.103. The number of rotatable bonds is 3. The molecule has 3 aromatic rings. The summed E-state index contributed by atoms with van der Waals surface area (Å²) in [6, 6.07) is 7.80. The average Bonchev–Trinajstić information content (AvgIpc) is 3.00. The maximum atomic E-state index is 12.9. The smallest absolute Gasteiger partial charge is 0.266 e. The van der Waals surface area contributed by atoms with Crippen molar-refractivity contribution in [3.63, 3.8) is 0 Å². The molecule has 1 amide bonds. The SMILES string of the molecule is Cc1ccc(NC(=O)c2sc3nc(C)nc(N4CCOCC4)c3c2C)cc1. The molecule has 1 saturated heterocycles. The van der Waals surface area contributed by atoms with Crippen LogP contribution in [-0.4, -0.2) is 42.2 Å². The number of nitrogens with one attached hydrogen (secondary N) is 1. The number of anilines is 2. The van der Waals surface area contributed by atoms with Crippen LogP contribution in [0.1, 0.15) is 26.6 Å². The lowest BCUT2D eigenvalue weighted by Gasteiger charge is -2.28. The number of ether oxygens (including phenoxy) is 1. The van der Waals surface area contributed by atoms with Crippen LogP contribution in [0.15, 0.2) is 24.3 Å². The summed E-state index contributed by atoms with van der Waals surface area (Å²) in [4.78, 5) is 25.9. The molecule has 2 aromatic heterocycles. The van der Waals surface area contributed by atoms with E-state index in [1.165, 1.54) is 11.3 Å². The van der Waals surface area contributed by atoms with Gasteiger partial charge in [-0.2, -0.15) is 0 Å². The molecule has 1 fully saturated rings. The average molecular weight is 382 g/mol. The lowest BCUT2D eigenvalue weighted by Crippen LogP contribution is -2.37. The maximum Gasteiger partial charge on any atom is 0.266 e. The van der Waals surface area contributed by atoms with Crippen molar-refractivity contribution in [2.45, 2.75) is 20.8 Å². The van der Waals surface area contributed by atoms with E-state index in [0.717, 1.165) is 51.8 Å². The van der Waals surface area contributed by atoms with E-state index in [4.69, 9.17) is 4.74 Å². The number of morpholine rings is 1. The molecule has 0 spiro atoms. The molecule has 1 N–H and O–H groups in total. The predicted octanol–water partition coefficient (Wildman–Crippen LogP) is 3.71. The van der Waals surface area contributed by atoms with Gasteiger partial charge in [0.15, 0.2) is 0 Å². The zero-order valence-corrected chi connectivity index (χ0v) is 16.5. The summed E-state index contributed by atoms with van der Waals surface area (Å²) < 4.78 is 5.47. The number of benzene rings is 1. The molecule has 0 aliphatic carbocycles. The minimum Gasteiger partial charge on any atom is -0.378 e. The Balaban J connectivity index is 1.72. The highest BCUT2D eigenvalue weighted by atomic mass is 32.1. The van der Waals surface area contributed by atoms with E-state index >= 15 is 0 Å². The molecule has 1 aliphatic heterocycles. The summed E-state index contributed by atoms with van der Waals surface area (Å²) in [6.07, 6.45) is 0. The summed E-state index contributed by atoms with van der Waals surface area (Å²) >= 11 is 1.43. The Morgan fingerprint density at radius 1 is 1.11 bits per heavy atom.